The van der Waals surface area contributed by atoms with E-state index in [1.165, 1.54) is 11.9 Å². The first kappa shape index (κ1) is 21.4. The second-order valence-corrected chi connectivity index (χ2v) is 9.12. The molecule has 0 saturated carbocycles. The zero-order chi connectivity index (χ0) is 21.7. The van der Waals surface area contributed by atoms with Crippen LogP contribution in [0.4, 0.5) is 11.5 Å². The number of nitrogens with one attached hydrogen (secondary N) is 1. The highest BCUT2D eigenvalue weighted by Gasteiger charge is 2.11. The third-order valence-electron chi connectivity index (χ3n) is 4.99. The number of primary sulfonamides is 1. The van der Waals surface area contributed by atoms with Crippen LogP contribution in [0.3, 0.4) is 0 Å². The third kappa shape index (κ3) is 6.31. The predicted molar refractivity (Wildman–Crippen MR) is 120 cm³/mol. The van der Waals surface area contributed by atoms with Gasteiger partial charge in [-0.1, -0.05) is 30.3 Å². The Morgan fingerprint density at radius 3 is 2.52 bits per heavy atom. The molecule has 1 aliphatic rings. The fourth-order valence-electron chi connectivity index (χ4n) is 3.49. The Morgan fingerprint density at radius 1 is 1.00 bits per heavy atom. The van der Waals surface area contributed by atoms with Gasteiger partial charge in [-0.05, 0) is 29.3 Å². The molecule has 31 heavy (non-hydrogen) atoms. The van der Waals surface area contributed by atoms with E-state index in [4.69, 9.17) is 9.88 Å². The summed E-state index contributed by atoms with van der Waals surface area (Å²) in [5.74, 6) is 0.467. The Hall–Kier alpha value is -2.85. The van der Waals surface area contributed by atoms with E-state index in [0.29, 0.717) is 11.4 Å². The molecule has 162 valence electrons. The van der Waals surface area contributed by atoms with Crippen molar-refractivity contribution in [1.29, 1.82) is 0 Å². The number of nitrogens with zero attached hydrogens (tertiary/aromatic N) is 3. The lowest BCUT2D eigenvalue weighted by Gasteiger charge is -2.26. The van der Waals surface area contributed by atoms with Crippen molar-refractivity contribution in [3.8, 4) is 11.3 Å². The van der Waals surface area contributed by atoms with E-state index in [2.05, 4.69) is 32.3 Å². The number of rotatable bonds is 7. The number of nitrogens with two attached hydrogens (primary N) is 1. The molecule has 4 rings (SSSR count). The SMILES string of the molecule is NS(=O)(=O)Cc1ccc(Nc2cc(-c3cccc(CN4CCOCC4)c3)ncn2)cc1. The second kappa shape index (κ2) is 9.52. The molecule has 1 fully saturated rings. The van der Waals surface area contributed by atoms with E-state index in [-0.39, 0.29) is 5.75 Å². The lowest BCUT2D eigenvalue weighted by Crippen LogP contribution is -2.35. The molecule has 3 aromatic rings. The monoisotopic (exact) mass is 439 g/mol. The molecule has 3 N–H and O–H groups in total. The molecule has 9 heteroatoms. The first-order valence-electron chi connectivity index (χ1n) is 10.0. The minimum absolute atomic E-state index is 0.189. The Labute approximate surface area is 182 Å². The van der Waals surface area contributed by atoms with Crippen LogP contribution < -0.4 is 10.5 Å². The van der Waals surface area contributed by atoms with Crippen LogP contribution in [0.5, 0.6) is 0 Å². The fraction of sp³-hybridized carbons (Fsp3) is 0.273. The van der Waals surface area contributed by atoms with Crippen LogP contribution in [0.1, 0.15) is 11.1 Å². The van der Waals surface area contributed by atoms with Crippen LogP contribution in [0.15, 0.2) is 60.9 Å². The van der Waals surface area contributed by atoms with Crippen LogP contribution in [0.25, 0.3) is 11.3 Å². The van der Waals surface area contributed by atoms with Crippen LogP contribution >= 0.6 is 0 Å². The van der Waals surface area contributed by atoms with Gasteiger partial charge in [0, 0.05) is 37.0 Å². The van der Waals surface area contributed by atoms with Crippen LogP contribution in [0.2, 0.25) is 0 Å². The minimum atomic E-state index is -3.55. The standard InChI is InChI=1S/C22H25N5O3S/c23-31(28,29)15-17-4-6-20(7-5-17)26-22-13-21(24-16-25-22)19-3-1-2-18(12-19)14-27-8-10-30-11-9-27/h1-7,12-13,16H,8-11,14-15H2,(H2,23,28,29)(H,24,25,26). The molecule has 0 radical (unpaired) electrons. The molecule has 2 aromatic carbocycles. The quantitative estimate of drug-likeness (QED) is 0.582. The highest BCUT2D eigenvalue weighted by Crippen LogP contribution is 2.23. The third-order valence-corrected chi connectivity index (χ3v) is 5.73. The molecule has 0 spiro atoms. The van der Waals surface area contributed by atoms with Gasteiger partial charge in [0.05, 0.1) is 24.7 Å². The molecular formula is C22H25N5O3S. The molecule has 0 atom stereocenters. The van der Waals surface area contributed by atoms with Gasteiger partial charge in [-0.25, -0.2) is 23.5 Å². The molecule has 0 aliphatic carbocycles. The number of benzene rings is 2. The summed E-state index contributed by atoms with van der Waals surface area (Å²) in [4.78, 5) is 11.1. The van der Waals surface area contributed by atoms with Gasteiger partial charge in [0.1, 0.15) is 12.1 Å². The first-order chi connectivity index (χ1) is 14.9. The van der Waals surface area contributed by atoms with E-state index in [9.17, 15) is 8.42 Å². The van der Waals surface area contributed by atoms with Gasteiger partial charge < -0.3 is 10.1 Å². The summed E-state index contributed by atoms with van der Waals surface area (Å²) >= 11 is 0. The maximum atomic E-state index is 11.2. The maximum Gasteiger partial charge on any atom is 0.213 e. The molecule has 0 amide bonds. The lowest BCUT2D eigenvalue weighted by atomic mass is 10.1. The van der Waals surface area contributed by atoms with E-state index >= 15 is 0 Å². The normalized spacial score (nSPS) is 15.0. The Kier molecular flexibility index (Phi) is 6.57. The van der Waals surface area contributed by atoms with Crippen molar-refractivity contribution in [2.45, 2.75) is 12.3 Å². The smallest absolute Gasteiger partial charge is 0.213 e. The lowest BCUT2D eigenvalue weighted by molar-refractivity contribution is 0.0342. The molecule has 1 aliphatic heterocycles. The number of sulfonamides is 1. The van der Waals surface area contributed by atoms with Crippen molar-refractivity contribution in [2.24, 2.45) is 5.14 Å². The largest absolute Gasteiger partial charge is 0.379 e. The van der Waals surface area contributed by atoms with Crippen molar-refractivity contribution < 1.29 is 13.2 Å². The number of aromatic nitrogens is 2. The number of hydrogen-bond donors (Lipinski definition) is 2. The maximum absolute atomic E-state index is 11.2. The van der Waals surface area contributed by atoms with Crippen molar-refractivity contribution in [3.63, 3.8) is 0 Å². The Bertz CT molecular complexity index is 1130. The average Bonchev–Trinajstić information content (AvgIpc) is 2.75. The highest BCUT2D eigenvalue weighted by molar-refractivity contribution is 7.88. The van der Waals surface area contributed by atoms with Crippen LogP contribution in [-0.2, 0) is 27.1 Å². The summed E-state index contributed by atoms with van der Waals surface area (Å²) in [6.07, 6.45) is 1.53. The van der Waals surface area contributed by atoms with E-state index < -0.39 is 10.0 Å². The van der Waals surface area contributed by atoms with E-state index in [1.807, 2.05) is 18.2 Å². The van der Waals surface area contributed by atoms with Crippen LogP contribution in [0, 0.1) is 0 Å². The molecular weight excluding hydrogens is 414 g/mol. The van der Waals surface area contributed by atoms with Gasteiger partial charge in [-0.3, -0.25) is 4.90 Å². The molecule has 0 bridgehead atoms. The molecule has 1 saturated heterocycles. The van der Waals surface area contributed by atoms with Gasteiger partial charge in [-0.15, -0.1) is 0 Å². The number of hydrogen-bond acceptors (Lipinski definition) is 7. The summed E-state index contributed by atoms with van der Waals surface area (Å²) in [5, 5.41) is 8.33. The number of morpholine rings is 1. The van der Waals surface area contributed by atoms with Crippen molar-refractivity contribution in [3.05, 3.63) is 72.1 Å². The second-order valence-electron chi connectivity index (χ2n) is 7.51. The first-order valence-corrected chi connectivity index (χ1v) is 11.7. The molecule has 2 heterocycles. The van der Waals surface area contributed by atoms with Gasteiger partial charge in [-0.2, -0.15) is 0 Å². The topological polar surface area (TPSA) is 110 Å². The average molecular weight is 440 g/mol. The Morgan fingerprint density at radius 2 is 1.77 bits per heavy atom. The summed E-state index contributed by atoms with van der Waals surface area (Å²) in [6.45, 7) is 4.34. The van der Waals surface area contributed by atoms with E-state index in [1.54, 1.807) is 24.3 Å². The molecule has 8 nitrogen and oxygen atoms in total. The van der Waals surface area contributed by atoms with Gasteiger partial charge in [0.25, 0.3) is 0 Å². The van der Waals surface area contributed by atoms with Gasteiger partial charge >= 0.3 is 0 Å². The van der Waals surface area contributed by atoms with Crippen LogP contribution in [-0.4, -0.2) is 49.6 Å². The number of ether oxygens (including phenoxy) is 1. The summed E-state index contributed by atoms with van der Waals surface area (Å²) in [7, 11) is -3.55. The summed E-state index contributed by atoms with van der Waals surface area (Å²) < 4.78 is 27.9. The summed E-state index contributed by atoms with van der Waals surface area (Å²) in [5.41, 5.74) is 4.52. The zero-order valence-electron chi connectivity index (χ0n) is 17.1. The minimum Gasteiger partial charge on any atom is -0.379 e. The predicted octanol–water partition coefficient (Wildman–Crippen LogP) is 2.51. The molecule has 1 aromatic heterocycles. The van der Waals surface area contributed by atoms with Crippen molar-refractivity contribution in [2.75, 3.05) is 31.6 Å². The summed E-state index contributed by atoms with van der Waals surface area (Å²) in [6, 6.07) is 17.3. The Balaban J connectivity index is 1.46. The van der Waals surface area contributed by atoms with Gasteiger partial charge in [0.15, 0.2) is 0 Å². The van der Waals surface area contributed by atoms with Crippen molar-refractivity contribution >= 4 is 21.5 Å². The van der Waals surface area contributed by atoms with Gasteiger partial charge in [0.2, 0.25) is 10.0 Å². The number of anilines is 2. The zero-order valence-corrected chi connectivity index (χ0v) is 17.9. The van der Waals surface area contributed by atoms with E-state index in [0.717, 1.165) is 49.8 Å². The fourth-order valence-corrected chi connectivity index (χ4v) is 4.15. The highest BCUT2D eigenvalue weighted by atomic mass is 32.2. The van der Waals surface area contributed by atoms with Crippen molar-refractivity contribution in [1.82, 2.24) is 14.9 Å². The molecule has 0 unspecified atom stereocenters.